The number of aryl methyl sites for hydroxylation is 1. The van der Waals surface area contributed by atoms with Gasteiger partial charge in [0.1, 0.15) is 0 Å². The van der Waals surface area contributed by atoms with Crippen molar-refractivity contribution in [2.45, 2.75) is 25.4 Å². The van der Waals surface area contributed by atoms with Crippen molar-refractivity contribution >= 4 is 5.91 Å². The molecular formula is C13H19N3O. The lowest BCUT2D eigenvalue weighted by molar-refractivity contribution is -0.123. The molecule has 1 heterocycles. The van der Waals surface area contributed by atoms with E-state index < -0.39 is 6.04 Å². The van der Waals surface area contributed by atoms with Crippen LogP contribution >= 0.6 is 0 Å². The van der Waals surface area contributed by atoms with Crippen molar-refractivity contribution in [3.05, 3.63) is 35.4 Å². The fourth-order valence-corrected chi connectivity index (χ4v) is 1.77. The van der Waals surface area contributed by atoms with Gasteiger partial charge in [-0.05, 0) is 18.9 Å². The van der Waals surface area contributed by atoms with E-state index >= 15 is 0 Å². The number of amides is 1. The first kappa shape index (κ1) is 12.1. The first-order valence-electron chi connectivity index (χ1n) is 5.97. The highest BCUT2D eigenvalue weighted by atomic mass is 16.2. The molecule has 17 heavy (non-hydrogen) atoms. The normalized spacial score (nSPS) is 17.3. The monoisotopic (exact) mass is 233 g/mol. The van der Waals surface area contributed by atoms with Crippen molar-refractivity contribution in [1.82, 2.24) is 10.6 Å². The first-order chi connectivity index (χ1) is 8.15. The van der Waals surface area contributed by atoms with Crippen molar-refractivity contribution in [1.29, 1.82) is 0 Å². The molecule has 0 saturated carbocycles. The molecule has 1 aromatic rings. The van der Waals surface area contributed by atoms with Crippen LogP contribution in [0.15, 0.2) is 24.3 Å². The Hall–Kier alpha value is -1.39. The summed E-state index contributed by atoms with van der Waals surface area (Å²) < 4.78 is 0. The van der Waals surface area contributed by atoms with Gasteiger partial charge in [-0.1, -0.05) is 29.8 Å². The standard InChI is InChI=1S/C13H19N3O/c1-9-2-4-10(5-3-9)6-12(14)13(17)16-11-7-15-8-11/h2-5,11-12,15H,6-8,14H2,1H3,(H,16,17). The van der Waals surface area contributed by atoms with Crippen LogP contribution in [0.1, 0.15) is 11.1 Å². The highest BCUT2D eigenvalue weighted by molar-refractivity contribution is 5.82. The van der Waals surface area contributed by atoms with Gasteiger partial charge in [0.15, 0.2) is 0 Å². The maximum Gasteiger partial charge on any atom is 0.237 e. The van der Waals surface area contributed by atoms with Crippen LogP contribution in [0.2, 0.25) is 0 Å². The first-order valence-corrected chi connectivity index (χ1v) is 5.97. The van der Waals surface area contributed by atoms with Gasteiger partial charge in [-0.2, -0.15) is 0 Å². The van der Waals surface area contributed by atoms with Crippen molar-refractivity contribution in [2.75, 3.05) is 13.1 Å². The lowest BCUT2D eigenvalue weighted by Crippen LogP contribution is -2.59. The van der Waals surface area contributed by atoms with Gasteiger partial charge >= 0.3 is 0 Å². The van der Waals surface area contributed by atoms with Crippen LogP contribution in [-0.4, -0.2) is 31.1 Å². The predicted molar refractivity (Wildman–Crippen MR) is 67.7 cm³/mol. The fourth-order valence-electron chi connectivity index (χ4n) is 1.77. The van der Waals surface area contributed by atoms with Gasteiger partial charge in [-0.25, -0.2) is 0 Å². The van der Waals surface area contributed by atoms with E-state index in [-0.39, 0.29) is 11.9 Å². The molecule has 0 aromatic heterocycles. The summed E-state index contributed by atoms with van der Waals surface area (Å²) in [5, 5.41) is 6.03. The number of hydrogen-bond donors (Lipinski definition) is 3. The molecule has 4 nitrogen and oxygen atoms in total. The van der Waals surface area contributed by atoms with Gasteiger partial charge in [-0.3, -0.25) is 4.79 Å². The van der Waals surface area contributed by atoms with E-state index in [4.69, 9.17) is 5.73 Å². The number of carbonyl (C=O) groups excluding carboxylic acids is 1. The van der Waals surface area contributed by atoms with E-state index in [9.17, 15) is 4.79 Å². The van der Waals surface area contributed by atoms with Crippen LogP contribution < -0.4 is 16.4 Å². The lowest BCUT2D eigenvalue weighted by Gasteiger charge is -2.29. The number of nitrogens with one attached hydrogen (secondary N) is 2. The third kappa shape index (κ3) is 3.28. The van der Waals surface area contributed by atoms with Crippen molar-refractivity contribution in [3.8, 4) is 0 Å². The number of carbonyl (C=O) groups is 1. The Morgan fingerprint density at radius 2 is 2.12 bits per heavy atom. The topological polar surface area (TPSA) is 67.2 Å². The molecule has 1 aromatic carbocycles. The Bertz CT molecular complexity index is 384. The second-order valence-electron chi connectivity index (χ2n) is 4.66. The zero-order chi connectivity index (χ0) is 12.3. The number of hydrogen-bond acceptors (Lipinski definition) is 3. The Morgan fingerprint density at radius 3 is 2.65 bits per heavy atom. The van der Waals surface area contributed by atoms with Gasteiger partial charge in [0.25, 0.3) is 0 Å². The van der Waals surface area contributed by atoms with Gasteiger partial charge in [0, 0.05) is 13.1 Å². The minimum atomic E-state index is -0.460. The number of rotatable bonds is 4. The molecule has 4 heteroatoms. The summed E-state index contributed by atoms with van der Waals surface area (Å²) in [5.41, 5.74) is 8.20. The average Bonchev–Trinajstić information content (AvgIpc) is 2.26. The highest BCUT2D eigenvalue weighted by Gasteiger charge is 2.22. The zero-order valence-electron chi connectivity index (χ0n) is 10.1. The van der Waals surface area contributed by atoms with Crippen LogP contribution in [-0.2, 0) is 11.2 Å². The Morgan fingerprint density at radius 1 is 1.47 bits per heavy atom. The summed E-state index contributed by atoms with van der Waals surface area (Å²) in [4.78, 5) is 11.8. The molecule has 1 aliphatic heterocycles. The summed E-state index contributed by atoms with van der Waals surface area (Å²) in [6.07, 6.45) is 0.590. The predicted octanol–water partition coefficient (Wildman–Crippen LogP) is -0.0472. The second-order valence-corrected chi connectivity index (χ2v) is 4.66. The van der Waals surface area contributed by atoms with Crippen molar-refractivity contribution < 1.29 is 4.79 Å². The summed E-state index contributed by atoms with van der Waals surface area (Å²) in [7, 11) is 0. The van der Waals surface area contributed by atoms with Crippen LogP contribution in [0.5, 0.6) is 0 Å². The fraction of sp³-hybridized carbons (Fsp3) is 0.462. The molecule has 0 spiro atoms. The van der Waals surface area contributed by atoms with E-state index in [1.807, 2.05) is 31.2 Å². The lowest BCUT2D eigenvalue weighted by atomic mass is 10.0. The Balaban J connectivity index is 1.84. The highest BCUT2D eigenvalue weighted by Crippen LogP contribution is 2.05. The summed E-state index contributed by atoms with van der Waals surface area (Å²) in [6, 6.07) is 7.91. The van der Waals surface area contributed by atoms with Crippen molar-refractivity contribution in [2.24, 2.45) is 5.73 Å². The quantitative estimate of drug-likeness (QED) is 0.683. The summed E-state index contributed by atoms with van der Waals surface area (Å²) in [5.74, 6) is -0.0583. The Kier molecular flexibility index (Phi) is 3.76. The van der Waals surface area contributed by atoms with E-state index in [1.54, 1.807) is 0 Å². The second kappa shape index (κ2) is 5.29. The molecule has 1 aliphatic rings. The molecule has 0 radical (unpaired) electrons. The van der Waals surface area contributed by atoms with Gasteiger partial charge in [-0.15, -0.1) is 0 Å². The molecule has 1 atom stereocenters. The summed E-state index contributed by atoms with van der Waals surface area (Å²) >= 11 is 0. The average molecular weight is 233 g/mol. The third-order valence-corrected chi connectivity index (χ3v) is 3.04. The van der Waals surface area contributed by atoms with E-state index in [0.717, 1.165) is 18.7 Å². The zero-order valence-corrected chi connectivity index (χ0v) is 10.1. The maximum absolute atomic E-state index is 11.8. The molecule has 0 aliphatic carbocycles. The minimum Gasteiger partial charge on any atom is -0.349 e. The molecule has 1 saturated heterocycles. The summed E-state index contributed by atoms with van der Waals surface area (Å²) in [6.45, 7) is 3.74. The number of nitrogens with two attached hydrogens (primary N) is 1. The smallest absolute Gasteiger partial charge is 0.237 e. The largest absolute Gasteiger partial charge is 0.349 e. The van der Waals surface area contributed by atoms with Gasteiger partial charge < -0.3 is 16.4 Å². The van der Waals surface area contributed by atoms with Crippen molar-refractivity contribution in [3.63, 3.8) is 0 Å². The van der Waals surface area contributed by atoms with Crippen LogP contribution in [0.3, 0.4) is 0 Å². The van der Waals surface area contributed by atoms with Gasteiger partial charge in [0.2, 0.25) is 5.91 Å². The van der Waals surface area contributed by atoms with Crippen LogP contribution in [0, 0.1) is 6.92 Å². The molecule has 4 N–H and O–H groups in total. The Labute approximate surface area is 102 Å². The van der Waals surface area contributed by atoms with E-state index in [2.05, 4.69) is 10.6 Å². The number of benzene rings is 1. The van der Waals surface area contributed by atoms with E-state index in [0.29, 0.717) is 6.42 Å². The van der Waals surface area contributed by atoms with Crippen LogP contribution in [0.4, 0.5) is 0 Å². The molecule has 1 unspecified atom stereocenters. The molecule has 92 valence electrons. The van der Waals surface area contributed by atoms with Gasteiger partial charge in [0.05, 0.1) is 12.1 Å². The van der Waals surface area contributed by atoms with Crippen LogP contribution in [0.25, 0.3) is 0 Å². The molecule has 1 amide bonds. The molecule has 2 rings (SSSR count). The molecular weight excluding hydrogens is 214 g/mol. The maximum atomic E-state index is 11.8. The third-order valence-electron chi connectivity index (χ3n) is 3.04. The molecule has 1 fully saturated rings. The SMILES string of the molecule is Cc1ccc(CC(N)C(=O)NC2CNC2)cc1. The minimum absolute atomic E-state index is 0.0583. The molecule has 0 bridgehead atoms. The van der Waals surface area contributed by atoms with E-state index in [1.165, 1.54) is 5.56 Å².